The van der Waals surface area contributed by atoms with Crippen molar-refractivity contribution >= 4 is 72.1 Å². The molecule has 0 aromatic rings. The van der Waals surface area contributed by atoms with Gasteiger partial charge in [-0.05, 0) is 26.2 Å². The summed E-state index contributed by atoms with van der Waals surface area (Å²) in [6.45, 7) is 7.66. The first-order chi connectivity index (χ1) is 7.01. The summed E-state index contributed by atoms with van der Waals surface area (Å²) in [6.07, 6.45) is 0. The van der Waals surface area contributed by atoms with Crippen LogP contribution in [0.15, 0.2) is 0 Å². The highest BCUT2D eigenvalue weighted by atomic mass is 35.5. The molecule has 1 saturated heterocycles. The first kappa shape index (κ1) is 15.7. The highest BCUT2D eigenvalue weighted by Gasteiger charge is 2.62. The Morgan fingerprint density at radius 2 is 1.00 bits per heavy atom. The van der Waals surface area contributed by atoms with E-state index in [2.05, 4.69) is 0 Å². The topological polar surface area (TPSA) is 27.7 Å². The zero-order valence-electron chi connectivity index (χ0n) is 9.39. The van der Waals surface area contributed by atoms with Crippen molar-refractivity contribution in [3.05, 3.63) is 0 Å². The van der Waals surface area contributed by atoms with Gasteiger partial charge >= 0.3 is 25.7 Å². The van der Waals surface area contributed by atoms with Crippen molar-refractivity contribution < 1.29 is 12.3 Å². The fourth-order valence-electron chi connectivity index (χ4n) is 1.70. The Labute approximate surface area is 119 Å². The van der Waals surface area contributed by atoms with Crippen LogP contribution >= 0.6 is 46.4 Å². The van der Waals surface area contributed by atoms with E-state index < -0.39 is 34.6 Å². The maximum Gasteiger partial charge on any atom is 0.388 e. The Morgan fingerprint density at radius 3 is 1.25 bits per heavy atom. The standard InChI is InChI=1S/C6H14Cl4O3Si3/c1-14(2)11-15(3,4)13-16(12-14,5(7)8)6(9)10/h5-6H,1-4H3. The summed E-state index contributed by atoms with van der Waals surface area (Å²) in [4.78, 5) is 0. The Kier molecular flexibility index (Phi) is 4.91. The number of hydrogen-bond donors (Lipinski definition) is 0. The zero-order valence-corrected chi connectivity index (χ0v) is 15.4. The molecule has 0 aliphatic carbocycles. The highest BCUT2D eigenvalue weighted by Crippen LogP contribution is 2.40. The van der Waals surface area contributed by atoms with E-state index in [1.54, 1.807) is 0 Å². The molecule has 0 aromatic heterocycles. The van der Waals surface area contributed by atoms with E-state index in [0.717, 1.165) is 0 Å². The number of hydrogen-bond acceptors (Lipinski definition) is 3. The van der Waals surface area contributed by atoms with E-state index in [-0.39, 0.29) is 0 Å². The van der Waals surface area contributed by atoms with Crippen LogP contribution in [0.4, 0.5) is 0 Å². The molecule has 0 aromatic carbocycles. The van der Waals surface area contributed by atoms with Gasteiger partial charge < -0.3 is 12.3 Å². The van der Waals surface area contributed by atoms with Gasteiger partial charge in [-0.1, -0.05) is 0 Å². The third-order valence-electron chi connectivity index (χ3n) is 1.91. The summed E-state index contributed by atoms with van der Waals surface area (Å²) in [7, 11) is -7.70. The molecule has 1 rings (SSSR count). The average molecular weight is 360 g/mol. The number of rotatable bonds is 2. The first-order valence-corrected chi connectivity index (χ1v) is 14.0. The van der Waals surface area contributed by atoms with Crippen molar-refractivity contribution in [2.75, 3.05) is 0 Å². The zero-order chi connectivity index (χ0) is 12.8. The third kappa shape index (κ3) is 3.37. The minimum atomic E-state index is -3.05. The van der Waals surface area contributed by atoms with Crippen LogP contribution in [0, 0.1) is 0 Å². The number of alkyl halides is 4. The Morgan fingerprint density at radius 1 is 0.688 bits per heavy atom. The van der Waals surface area contributed by atoms with E-state index in [1.165, 1.54) is 0 Å². The van der Waals surface area contributed by atoms with Gasteiger partial charge in [0, 0.05) is 0 Å². The van der Waals surface area contributed by atoms with Gasteiger partial charge in [-0.25, -0.2) is 0 Å². The molecule has 0 radical (unpaired) electrons. The second-order valence-electron chi connectivity index (χ2n) is 4.43. The van der Waals surface area contributed by atoms with Gasteiger partial charge in [0.25, 0.3) is 0 Å². The number of halogens is 4. The Hall–Kier alpha value is 1.69. The van der Waals surface area contributed by atoms with Crippen LogP contribution < -0.4 is 0 Å². The Bertz CT molecular complexity index is 248. The molecular weight excluding hydrogens is 346 g/mol. The van der Waals surface area contributed by atoms with Gasteiger partial charge in [0.05, 0.1) is 0 Å². The minimum Gasteiger partial charge on any atom is -0.416 e. The van der Waals surface area contributed by atoms with Gasteiger partial charge in [0.15, 0.2) is 8.92 Å². The molecule has 0 atom stereocenters. The second-order valence-corrected chi connectivity index (χ2v) is 18.7. The maximum absolute atomic E-state index is 5.96. The summed E-state index contributed by atoms with van der Waals surface area (Å²) < 4.78 is 15.9. The smallest absolute Gasteiger partial charge is 0.388 e. The molecule has 0 spiro atoms. The SMILES string of the molecule is C[Si]1(C)O[Si](C)(C)O[Si](C(Cl)Cl)(C(Cl)Cl)O1. The molecule has 16 heavy (non-hydrogen) atoms. The first-order valence-electron chi connectivity index (χ1n) is 4.67. The molecule has 1 aliphatic rings. The lowest BCUT2D eigenvalue weighted by Crippen LogP contribution is -2.72. The molecule has 1 heterocycles. The summed E-state index contributed by atoms with van der Waals surface area (Å²) >= 11 is 23.8. The molecule has 0 N–H and O–H groups in total. The van der Waals surface area contributed by atoms with Crippen LogP contribution in [0.2, 0.25) is 26.2 Å². The van der Waals surface area contributed by atoms with E-state index in [4.69, 9.17) is 58.7 Å². The monoisotopic (exact) mass is 358 g/mol. The van der Waals surface area contributed by atoms with E-state index in [1.807, 2.05) is 26.2 Å². The molecule has 0 saturated carbocycles. The van der Waals surface area contributed by atoms with Gasteiger partial charge in [-0.2, -0.15) is 0 Å². The fraction of sp³-hybridized carbons (Fsp3) is 1.00. The quantitative estimate of drug-likeness (QED) is 0.557. The molecular formula is C6H14Cl4O3Si3. The average Bonchev–Trinajstić information content (AvgIpc) is 1.96. The maximum atomic E-state index is 5.96. The third-order valence-corrected chi connectivity index (χ3v) is 17.2. The summed E-state index contributed by atoms with van der Waals surface area (Å²) in [5.41, 5.74) is 0. The lowest BCUT2D eigenvalue weighted by atomic mass is 11.8. The lowest BCUT2D eigenvalue weighted by Gasteiger charge is -2.49. The van der Waals surface area contributed by atoms with E-state index in [0.29, 0.717) is 0 Å². The molecule has 3 nitrogen and oxygen atoms in total. The fourth-order valence-corrected chi connectivity index (χ4v) is 21.3. The summed E-state index contributed by atoms with van der Waals surface area (Å²) in [5.74, 6) is 0. The largest absolute Gasteiger partial charge is 0.416 e. The van der Waals surface area contributed by atoms with Crippen LogP contribution in [0.5, 0.6) is 0 Å². The predicted octanol–water partition coefficient (Wildman–Crippen LogP) is 3.58. The van der Waals surface area contributed by atoms with Crippen molar-refractivity contribution in [3.8, 4) is 0 Å². The highest BCUT2D eigenvalue weighted by molar-refractivity contribution is 7.04. The predicted molar refractivity (Wildman–Crippen MR) is 75.0 cm³/mol. The van der Waals surface area contributed by atoms with Gasteiger partial charge in [0.2, 0.25) is 0 Å². The van der Waals surface area contributed by atoms with Crippen LogP contribution in [0.25, 0.3) is 0 Å². The van der Waals surface area contributed by atoms with Crippen LogP contribution in [0.1, 0.15) is 0 Å². The second kappa shape index (κ2) is 4.99. The van der Waals surface area contributed by atoms with Gasteiger partial charge in [0.1, 0.15) is 0 Å². The van der Waals surface area contributed by atoms with Crippen LogP contribution in [-0.2, 0) is 12.3 Å². The van der Waals surface area contributed by atoms with E-state index >= 15 is 0 Å². The minimum absolute atomic E-state index is 0.838. The molecule has 0 unspecified atom stereocenters. The van der Waals surface area contributed by atoms with Gasteiger partial charge in [-0.3, -0.25) is 0 Å². The van der Waals surface area contributed by atoms with Crippen LogP contribution in [0.3, 0.4) is 0 Å². The van der Waals surface area contributed by atoms with Crippen molar-refractivity contribution in [2.45, 2.75) is 35.1 Å². The van der Waals surface area contributed by atoms with Crippen molar-refractivity contribution in [1.82, 2.24) is 0 Å². The molecule has 96 valence electrons. The Balaban J connectivity index is 3.10. The van der Waals surface area contributed by atoms with Crippen molar-refractivity contribution in [3.63, 3.8) is 0 Å². The summed E-state index contributed by atoms with van der Waals surface area (Å²) in [5, 5.41) is 0. The van der Waals surface area contributed by atoms with Crippen molar-refractivity contribution in [1.29, 1.82) is 0 Å². The van der Waals surface area contributed by atoms with Gasteiger partial charge in [-0.15, -0.1) is 46.4 Å². The molecule has 1 fully saturated rings. The molecule has 1 aliphatic heterocycles. The van der Waals surface area contributed by atoms with Crippen molar-refractivity contribution in [2.24, 2.45) is 0 Å². The summed E-state index contributed by atoms with van der Waals surface area (Å²) in [6, 6.07) is 0. The molecule has 0 amide bonds. The normalized spacial score (nSPS) is 27.4. The van der Waals surface area contributed by atoms with Crippen LogP contribution in [-0.4, -0.2) is 34.6 Å². The van der Waals surface area contributed by atoms with E-state index in [9.17, 15) is 0 Å². The molecule has 0 bridgehead atoms. The lowest BCUT2D eigenvalue weighted by molar-refractivity contribution is 0.231. The molecule has 10 heteroatoms.